The van der Waals surface area contributed by atoms with Crippen molar-refractivity contribution in [3.63, 3.8) is 0 Å². The van der Waals surface area contributed by atoms with Crippen molar-refractivity contribution in [1.82, 2.24) is 0 Å². The summed E-state index contributed by atoms with van der Waals surface area (Å²) >= 11 is 0. The quantitative estimate of drug-likeness (QED) is 0.443. The van der Waals surface area contributed by atoms with Gasteiger partial charge in [0.25, 0.3) is 0 Å². The van der Waals surface area contributed by atoms with Gasteiger partial charge in [0.2, 0.25) is 0 Å². The third-order valence-electron chi connectivity index (χ3n) is 4.62. The molecule has 0 N–H and O–H groups in total. The second-order valence-electron chi connectivity index (χ2n) is 6.27. The van der Waals surface area contributed by atoms with Crippen molar-refractivity contribution in [3.05, 3.63) is 102 Å². The van der Waals surface area contributed by atoms with Gasteiger partial charge < -0.3 is 0 Å². The second-order valence-corrected chi connectivity index (χ2v) is 6.27. The van der Waals surface area contributed by atoms with Gasteiger partial charge in [-0.15, -0.1) is 6.58 Å². The minimum Gasteiger partial charge on any atom is -0.293 e. The van der Waals surface area contributed by atoms with Crippen LogP contribution in [0.5, 0.6) is 0 Å². The van der Waals surface area contributed by atoms with Crippen molar-refractivity contribution in [3.8, 4) is 0 Å². The molecule has 1 aliphatic rings. The van der Waals surface area contributed by atoms with E-state index in [2.05, 4.69) is 6.58 Å². The molecule has 1 atom stereocenters. The lowest BCUT2D eigenvalue weighted by molar-refractivity contribution is -0.119. The molecular formula is C23H20O2. The third-order valence-corrected chi connectivity index (χ3v) is 4.62. The molecule has 2 heteroatoms. The topological polar surface area (TPSA) is 34.1 Å². The van der Waals surface area contributed by atoms with Gasteiger partial charge >= 0.3 is 0 Å². The van der Waals surface area contributed by atoms with Gasteiger partial charge in [-0.1, -0.05) is 66.7 Å². The molecule has 0 radical (unpaired) electrons. The molecule has 0 unspecified atom stereocenters. The van der Waals surface area contributed by atoms with E-state index in [0.29, 0.717) is 17.6 Å². The Labute approximate surface area is 148 Å². The van der Waals surface area contributed by atoms with Crippen LogP contribution in [0.25, 0.3) is 6.08 Å². The number of fused-ring (bicyclic) bond motifs is 1. The highest BCUT2D eigenvalue weighted by atomic mass is 16.1. The summed E-state index contributed by atoms with van der Waals surface area (Å²) in [5.41, 5.74) is 2.36. The molecule has 2 nitrogen and oxygen atoms in total. The zero-order valence-electron chi connectivity index (χ0n) is 14.2. The molecular weight excluding hydrogens is 308 g/mol. The average Bonchev–Trinajstić information content (AvgIpc) is 2.65. The summed E-state index contributed by atoms with van der Waals surface area (Å²) in [6, 6.07) is 16.9. The minimum absolute atomic E-state index is 0.0169. The molecule has 0 aromatic heterocycles. The van der Waals surface area contributed by atoms with Crippen LogP contribution in [0.4, 0.5) is 0 Å². The molecule has 0 heterocycles. The monoisotopic (exact) mass is 328 g/mol. The van der Waals surface area contributed by atoms with Crippen molar-refractivity contribution >= 4 is 17.6 Å². The summed E-state index contributed by atoms with van der Waals surface area (Å²) in [5, 5.41) is 0. The van der Waals surface area contributed by atoms with Crippen molar-refractivity contribution in [2.45, 2.75) is 18.8 Å². The number of hydrogen-bond donors (Lipinski definition) is 0. The number of allylic oxidation sites excluding steroid dienone is 4. The Morgan fingerprint density at radius 1 is 1.08 bits per heavy atom. The SMILES string of the molecule is C=CC[C@]1(/C=C\C(=O)c2ccccc2)C(=O)C(C)=Cc2ccccc21. The van der Waals surface area contributed by atoms with E-state index in [-0.39, 0.29) is 11.6 Å². The van der Waals surface area contributed by atoms with Crippen molar-refractivity contribution < 1.29 is 9.59 Å². The summed E-state index contributed by atoms with van der Waals surface area (Å²) in [4.78, 5) is 25.6. The molecule has 1 aliphatic carbocycles. The Bertz CT molecular complexity index is 887. The Hall–Kier alpha value is -3.00. The molecule has 124 valence electrons. The van der Waals surface area contributed by atoms with Crippen LogP contribution in [0, 0.1) is 0 Å². The Morgan fingerprint density at radius 2 is 1.76 bits per heavy atom. The molecule has 0 bridgehead atoms. The van der Waals surface area contributed by atoms with Gasteiger partial charge in [-0.05, 0) is 42.2 Å². The summed E-state index contributed by atoms with van der Waals surface area (Å²) < 4.78 is 0. The summed E-state index contributed by atoms with van der Waals surface area (Å²) in [6.07, 6.45) is 7.37. The predicted molar refractivity (Wildman–Crippen MR) is 102 cm³/mol. The molecule has 0 spiro atoms. The average molecular weight is 328 g/mol. The predicted octanol–water partition coefficient (Wildman–Crippen LogP) is 4.93. The van der Waals surface area contributed by atoms with Crippen molar-refractivity contribution in [2.24, 2.45) is 0 Å². The Kier molecular flexibility index (Phi) is 4.62. The van der Waals surface area contributed by atoms with Crippen LogP contribution in [0.1, 0.15) is 34.8 Å². The van der Waals surface area contributed by atoms with Crippen molar-refractivity contribution in [1.29, 1.82) is 0 Å². The van der Waals surface area contributed by atoms with Gasteiger partial charge in [0.05, 0.1) is 5.41 Å². The Balaban J connectivity index is 2.09. The van der Waals surface area contributed by atoms with E-state index in [1.165, 1.54) is 6.08 Å². The molecule has 0 saturated heterocycles. The zero-order valence-corrected chi connectivity index (χ0v) is 14.2. The van der Waals surface area contributed by atoms with E-state index < -0.39 is 5.41 Å². The fourth-order valence-electron chi connectivity index (χ4n) is 3.38. The number of carbonyl (C=O) groups excluding carboxylic acids is 2. The lowest BCUT2D eigenvalue weighted by Gasteiger charge is -2.34. The number of Topliss-reactive ketones (excluding diaryl/α,β-unsaturated/α-hetero) is 1. The van der Waals surface area contributed by atoms with Gasteiger partial charge in [0.1, 0.15) is 0 Å². The largest absolute Gasteiger partial charge is 0.293 e. The Morgan fingerprint density at radius 3 is 2.48 bits per heavy atom. The smallest absolute Gasteiger partial charge is 0.185 e. The van der Waals surface area contributed by atoms with Crippen LogP contribution in [0.2, 0.25) is 0 Å². The molecule has 3 rings (SSSR count). The first kappa shape index (κ1) is 16.8. The highest BCUT2D eigenvalue weighted by Crippen LogP contribution is 2.40. The fourth-order valence-corrected chi connectivity index (χ4v) is 3.38. The second kappa shape index (κ2) is 6.86. The third kappa shape index (κ3) is 3.03. The lowest BCUT2D eigenvalue weighted by atomic mass is 9.67. The maximum atomic E-state index is 13.1. The van der Waals surface area contributed by atoms with E-state index in [4.69, 9.17) is 0 Å². The lowest BCUT2D eigenvalue weighted by Crippen LogP contribution is -2.37. The molecule has 0 aliphatic heterocycles. The number of hydrogen-bond acceptors (Lipinski definition) is 2. The standard InChI is InChI=1S/C23H20O2/c1-3-14-23(15-13-21(24)18-9-5-4-6-10-18)20-12-8-7-11-19(20)16-17(2)22(23)25/h3-13,15-16H,1,14H2,2H3/b15-13-/t23-/m1/s1. The number of benzene rings is 2. The van der Waals surface area contributed by atoms with Crippen LogP contribution in [-0.2, 0) is 10.2 Å². The maximum absolute atomic E-state index is 13.1. The van der Waals surface area contributed by atoms with E-state index in [1.54, 1.807) is 24.3 Å². The van der Waals surface area contributed by atoms with Gasteiger partial charge in [-0.2, -0.15) is 0 Å². The molecule has 25 heavy (non-hydrogen) atoms. The van der Waals surface area contributed by atoms with Crippen LogP contribution >= 0.6 is 0 Å². The number of rotatable bonds is 5. The van der Waals surface area contributed by atoms with E-state index in [1.807, 2.05) is 55.5 Å². The molecule has 2 aromatic rings. The first-order valence-electron chi connectivity index (χ1n) is 8.30. The highest BCUT2D eigenvalue weighted by Gasteiger charge is 2.40. The van der Waals surface area contributed by atoms with Crippen LogP contribution in [0.3, 0.4) is 0 Å². The zero-order chi connectivity index (χ0) is 17.9. The van der Waals surface area contributed by atoms with Crippen LogP contribution < -0.4 is 0 Å². The van der Waals surface area contributed by atoms with Gasteiger partial charge in [0, 0.05) is 5.56 Å². The molecule has 0 fully saturated rings. The maximum Gasteiger partial charge on any atom is 0.185 e. The highest BCUT2D eigenvalue weighted by molar-refractivity contribution is 6.12. The van der Waals surface area contributed by atoms with E-state index in [9.17, 15) is 9.59 Å². The van der Waals surface area contributed by atoms with Gasteiger partial charge in [0.15, 0.2) is 11.6 Å². The summed E-state index contributed by atoms with van der Waals surface area (Å²) in [7, 11) is 0. The molecule has 0 saturated carbocycles. The van der Waals surface area contributed by atoms with Crippen LogP contribution in [0.15, 0.2) is 85.0 Å². The number of carbonyl (C=O) groups is 2. The van der Waals surface area contributed by atoms with E-state index in [0.717, 1.165) is 11.1 Å². The van der Waals surface area contributed by atoms with Crippen LogP contribution in [-0.4, -0.2) is 11.6 Å². The van der Waals surface area contributed by atoms with Gasteiger partial charge in [-0.25, -0.2) is 0 Å². The minimum atomic E-state index is -0.873. The van der Waals surface area contributed by atoms with Gasteiger partial charge in [-0.3, -0.25) is 9.59 Å². The summed E-state index contributed by atoms with van der Waals surface area (Å²) in [5.74, 6) is -0.0928. The molecule has 2 aromatic carbocycles. The van der Waals surface area contributed by atoms with Crippen molar-refractivity contribution in [2.75, 3.05) is 0 Å². The fraction of sp³-hybridized carbons (Fsp3) is 0.130. The normalized spacial score (nSPS) is 19.4. The number of ketones is 2. The summed E-state index contributed by atoms with van der Waals surface area (Å²) in [6.45, 7) is 5.65. The first-order valence-corrected chi connectivity index (χ1v) is 8.30. The molecule has 0 amide bonds. The first-order chi connectivity index (χ1) is 12.1. The van der Waals surface area contributed by atoms with E-state index >= 15 is 0 Å².